The first-order chi connectivity index (χ1) is 5.54. The predicted octanol–water partition coefficient (Wildman–Crippen LogP) is -0.770. The fraction of sp³-hybridized carbons (Fsp3) is 0.667. The second-order valence-corrected chi connectivity index (χ2v) is 3.06. The Balaban J connectivity index is 2.95. The minimum absolute atomic E-state index is 0.182. The van der Waals surface area contributed by atoms with Gasteiger partial charge in [-0.15, -0.1) is 10.2 Å². The zero-order valence-corrected chi connectivity index (χ0v) is 7.23. The average Bonchev–Trinajstić information content (AvgIpc) is 2.32. The Morgan fingerprint density at radius 3 is 2.25 bits per heavy atom. The normalized spacial score (nSPS) is 13.7. The molecular formula is C6H14N6. The number of nitrogen functional groups attached to an aromatic ring is 2. The van der Waals surface area contributed by atoms with E-state index in [-0.39, 0.29) is 17.9 Å². The number of nitrogens with two attached hydrogens (primary N) is 3. The minimum atomic E-state index is -0.222. The second kappa shape index (κ2) is 2.98. The molecule has 0 bridgehead atoms. The van der Waals surface area contributed by atoms with Crippen molar-refractivity contribution in [1.29, 1.82) is 0 Å². The third-order valence-corrected chi connectivity index (χ3v) is 1.76. The number of aromatic nitrogens is 3. The zero-order chi connectivity index (χ0) is 9.30. The zero-order valence-electron chi connectivity index (χ0n) is 7.23. The van der Waals surface area contributed by atoms with Crippen molar-refractivity contribution in [1.82, 2.24) is 14.9 Å². The summed E-state index contributed by atoms with van der Waals surface area (Å²) < 4.78 is 1.21. The van der Waals surface area contributed by atoms with Gasteiger partial charge in [0.05, 0.1) is 6.04 Å². The molecule has 6 nitrogen and oxygen atoms in total. The van der Waals surface area contributed by atoms with E-state index in [0.29, 0.717) is 5.82 Å². The molecule has 0 aromatic carbocycles. The lowest BCUT2D eigenvalue weighted by atomic mass is 10.1. The van der Waals surface area contributed by atoms with Crippen LogP contribution in [0.3, 0.4) is 0 Å². The minimum Gasteiger partial charge on any atom is -0.366 e. The van der Waals surface area contributed by atoms with E-state index in [0.717, 1.165) is 0 Å². The van der Waals surface area contributed by atoms with Gasteiger partial charge in [0.25, 0.3) is 0 Å². The highest BCUT2D eigenvalue weighted by Crippen LogP contribution is 2.16. The first-order valence-corrected chi connectivity index (χ1v) is 3.75. The van der Waals surface area contributed by atoms with Crippen molar-refractivity contribution in [3.63, 3.8) is 0 Å². The monoisotopic (exact) mass is 170 g/mol. The molecule has 0 fully saturated rings. The molecule has 1 rings (SSSR count). The molecule has 1 aromatic heterocycles. The van der Waals surface area contributed by atoms with Crippen LogP contribution in [0.5, 0.6) is 0 Å². The second-order valence-electron chi connectivity index (χ2n) is 3.06. The SMILES string of the molecule is CC(C)C(N)c1nnc(N)n1N. The van der Waals surface area contributed by atoms with E-state index in [9.17, 15) is 0 Å². The van der Waals surface area contributed by atoms with Crippen molar-refractivity contribution in [2.75, 3.05) is 11.6 Å². The first kappa shape index (κ1) is 8.79. The Kier molecular flexibility index (Phi) is 2.18. The number of nitrogens with zero attached hydrogens (tertiary/aromatic N) is 3. The number of hydrogen-bond donors (Lipinski definition) is 3. The van der Waals surface area contributed by atoms with Crippen LogP contribution < -0.4 is 17.3 Å². The Bertz CT molecular complexity index is 265. The molecular weight excluding hydrogens is 156 g/mol. The summed E-state index contributed by atoms with van der Waals surface area (Å²) in [4.78, 5) is 0. The summed E-state index contributed by atoms with van der Waals surface area (Å²) in [5.74, 6) is 6.49. The van der Waals surface area contributed by atoms with E-state index in [2.05, 4.69) is 10.2 Å². The summed E-state index contributed by atoms with van der Waals surface area (Å²) in [6.45, 7) is 3.96. The van der Waals surface area contributed by atoms with Crippen molar-refractivity contribution in [2.24, 2.45) is 11.7 Å². The van der Waals surface area contributed by atoms with Crippen molar-refractivity contribution in [2.45, 2.75) is 19.9 Å². The maximum atomic E-state index is 5.79. The standard InChI is InChI=1S/C6H14N6/c1-3(2)4(7)5-10-11-6(8)12(5)9/h3-4H,7,9H2,1-2H3,(H2,8,11). The molecule has 0 saturated heterocycles. The number of rotatable bonds is 2. The number of hydrogen-bond acceptors (Lipinski definition) is 5. The predicted molar refractivity (Wildman–Crippen MR) is 46.4 cm³/mol. The molecule has 1 unspecified atom stereocenters. The van der Waals surface area contributed by atoms with Crippen molar-refractivity contribution >= 4 is 5.95 Å². The van der Waals surface area contributed by atoms with Gasteiger partial charge in [-0.05, 0) is 5.92 Å². The summed E-state index contributed by atoms with van der Waals surface area (Å²) in [7, 11) is 0. The molecule has 0 spiro atoms. The molecule has 6 N–H and O–H groups in total. The quantitative estimate of drug-likeness (QED) is 0.505. The molecule has 6 heteroatoms. The largest absolute Gasteiger partial charge is 0.366 e. The van der Waals surface area contributed by atoms with Gasteiger partial charge in [0.2, 0.25) is 5.95 Å². The van der Waals surface area contributed by atoms with Crippen LogP contribution in [-0.2, 0) is 0 Å². The molecule has 12 heavy (non-hydrogen) atoms. The van der Waals surface area contributed by atoms with Gasteiger partial charge in [0.1, 0.15) is 0 Å². The summed E-state index contributed by atoms with van der Waals surface area (Å²) in [5, 5.41) is 7.38. The van der Waals surface area contributed by atoms with E-state index in [1.54, 1.807) is 0 Å². The van der Waals surface area contributed by atoms with E-state index < -0.39 is 0 Å². The molecule has 0 aliphatic heterocycles. The molecule has 68 valence electrons. The van der Waals surface area contributed by atoms with Crippen molar-refractivity contribution in [3.8, 4) is 0 Å². The van der Waals surface area contributed by atoms with Gasteiger partial charge in [-0.1, -0.05) is 13.8 Å². The van der Waals surface area contributed by atoms with Crippen molar-refractivity contribution < 1.29 is 0 Å². The lowest BCUT2D eigenvalue weighted by molar-refractivity contribution is 0.481. The summed E-state index contributed by atoms with van der Waals surface area (Å²) in [6.07, 6.45) is 0. The highest BCUT2D eigenvalue weighted by molar-refractivity contribution is 5.18. The van der Waals surface area contributed by atoms with Gasteiger partial charge in [-0.25, -0.2) is 4.68 Å². The fourth-order valence-corrected chi connectivity index (χ4v) is 0.842. The maximum Gasteiger partial charge on any atom is 0.240 e. The molecule has 1 atom stereocenters. The van der Waals surface area contributed by atoms with Crippen LogP contribution in [0.25, 0.3) is 0 Å². The van der Waals surface area contributed by atoms with Crippen LogP contribution in [0.2, 0.25) is 0 Å². The lowest BCUT2D eigenvalue weighted by Gasteiger charge is -2.13. The lowest BCUT2D eigenvalue weighted by Crippen LogP contribution is -2.25. The third-order valence-electron chi connectivity index (χ3n) is 1.76. The molecule has 0 aliphatic carbocycles. The van der Waals surface area contributed by atoms with Crippen LogP contribution in [0.15, 0.2) is 0 Å². The molecule has 1 aromatic rings. The van der Waals surface area contributed by atoms with Gasteiger partial charge < -0.3 is 17.3 Å². The molecule has 1 heterocycles. The van der Waals surface area contributed by atoms with Crippen LogP contribution in [0.4, 0.5) is 5.95 Å². The van der Waals surface area contributed by atoms with Crippen LogP contribution in [-0.4, -0.2) is 14.9 Å². The van der Waals surface area contributed by atoms with Gasteiger partial charge in [-0.3, -0.25) is 0 Å². The molecule has 0 amide bonds. The first-order valence-electron chi connectivity index (χ1n) is 3.75. The smallest absolute Gasteiger partial charge is 0.240 e. The Morgan fingerprint density at radius 1 is 1.33 bits per heavy atom. The van der Waals surface area contributed by atoms with E-state index in [1.165, 1.54) is 4.68 Å². The van der Waals surface area contributed by atoms with Crippen molar-refractivity contribution in [3.05, 3.63) is 5.82 Å². The van der Waals surface area contributed by atoms with Crippen LogP contribution in [0, 0.1) is 5.92 Å². The average molecular weight is 170 g/mol. The maximum absolute atomic E-state index is 5.79. The van der Waals surface area contributed by atoms with Crippen LogP contribution >= 0.6 is 0 Å². The van der Waals surface area contributed by atoms with Gasteiger partial charge in [-0.2, -0.15) is 0 Å². The Hall–Kier alpha value is -1.30. The van der Waals surface area contributed by atoms with Gasteiger partial charge in [0.15, 0.2) is 5.82 Å². The van der Waals surface area contributed by atoms with E-state index in [4.69, 9.17) is 17.3 Å². The highest BCUT2D eigenvalue weighted by atomic mass is 15.4. The van der Waals surface area contributed by atoms with E-state index >= 15 is 0 Å². The molecule has 0 saturated carbocycles. The topological polar surface area (TPSA) is 109 Å². The Morgan fingerprint density at radius 2 is 1.92 bits per heavy atom. The van der Waals surface area contributed by atoms with Crippen LogP contribution in [0.1, 0.15) is 25.7 Å². The van der Waals surface area contributed by atoms with Gasteiger partial charge in [0, 0.05) is 0 Å². The Labute approximate surface area is 70.7 Å². The fourth-order valence-electron chi connectivity index (χ4n) is 0.842. The van der Waals surface area contributed by atoms with E-state index in [1.807, 2.05) is 13.8 Å². The molecule has 0 radical (unpaired) electrons. The third kappa shape index (κ3) is 1.33. The highest BCUT2D eigenvalue weighted by Gasteiger charge is 2.17. The van der Waals surface area contributed by atoms with Gasteiger partial charge >= 0.3 is 0 Å². The number of anilines is 1. The summed E-state index contributed by atoms with van der Waals surface area (Å²) in [6, 6.07) is -0.222. The molecule has 0 aliphatic rings. The summed E-state index contributed by atoms with van der Waals surface area (Å²) >= 11 is 0. The summed E-state index contributed by atoms with van der Waals surface area (Å²) in [5.41, 5.74) is 11.2.